The molecule has 25 heavy (non-hydrogen) atoms. The van der Waals surface area contributed by atoms with Crippen molar-refractivity contribution in [1.29, 1.82) is 0 Å². The average molecular weight is 396 g/mol. The summed E-state index contributed by atoms with van der Waals surface area (Å²) in [5, 5.41) is 8.28. The number of nitrogens with one attached hydrogen (secondary N) is 2. The van der Waals surface area contributed by atoms with Gasteiger partial charge in [-0.15, -0.1) is 0 Å². The van der Waals surface area contributed by atoms with E-state index in [0.717, 1.165) is 17.7 Å². The summed E-state index contributed by atoms with van der Waals surface area (Å²) < 4.78 is 5.77. The van der Waals surface area contributed by atoms with Crippen LogP contribution in [0, 0.1) is 6.92 Å². The monoisotopic (exact) mass is 395 g/mol. The smallest absolute Gasteiger partial charge is 0.186 e. The minimum Gasteiger partial charge on any atom is -0.486 e. The summed E-state index contributed by atoms with van der Waals surface area (Å²) in [5.41, 5.74) is 5.69. The van der Waals surface area contributed by atoms with Gasteiger partial charge in [0.1, 0.15) is 6.61 Å². The van der Waals surface area contributed by atoms with E-state index in [-0.39, 0.29) is 0 Å². The molecule has 0 saturated carbocycles. The fourth-order valence-corrected chi connectivity index (χ4v) is 2.81. The molecular weight excluding hydrogens is 377 g/mol. The first-order valence-electron chi connectivity index (χ1n) is 7.74. The molecule has 0 amide bonds. The zero-order valence-electron chi connectivity index (χ0n) is 14.0. The van der Waals surface area contributed by atoms with Gasteiger partial charge in [0.25, 0.3) is 0 Å². The van der Waals surface area contributed by atoms with Gasteiger partial charge in [-0.05, 0) is 49.3 Å². The van der Waals surface area contributed by atoms with Crippen LogP contribution in [0.4, 0.5) is 0 Å². The lowest BCUT2D eigenvalue weighted by Crippen LogP contribution is -2.31. The molecule has 2 aromatic rings. The number of thiocarbonyl (C=S) groups is 1. The molecule has 0 bridgehead atoms. The van der Waals surface area contributed by atoms with Gasteiger partial charge in [0, 0.05) is 6.54 Å². The van der Waals surface area contributed by atoms with Crippen molar-refractivity contribution >= 4 is 46.7 Å². The molecule has 7 heteroatoms. The maximum atomic E-state index is 6.29. The molecular formula is C18H19Cl2N3OS. The number of hydrazone groups is 1. The van der Waals surface area contributed by atoms with Crippen molar-refractivity contribution in [2.45, 2.75) is 20.5 Å². The molecule has 0 fully saturated rings. The average Bonchev–Trinajstić information content (AvgIpc) is 2.56. The minimum absolute atomic E-state index is 0.395. The third kappa shape index (κ3) is 6.20. The molecule has 0 heterocycles. The zero-order chi connectivity index (χ0) is 18.2. The number of rotatable bonds is 6. The number of nitrogens with zero attached hydrogens (tertiary/aromatic N) is 1. The standard InChI is InChI=1S/C18H19Cl2N3OS/c1-3-21-18(25)23-22-10-14-8-15(19)17(16(20)9-14)24-11-13-6-4-12(2)5-7-13/h4-10H,3,11H2,1-2H3,(H2,21,23,25). The molecule has 0 spiro atoms. The Morgan fingerprint density at radius 1 is 1.20 bits per heavy atom. The van der Waals surface area contributed by atoms with E-state index in [2.05, 4.69) is 15.8 Å². The van der Waals surface area contributed by atoms with Crippen LogP contribution in [0.15, 0.2) is 41.5 Å². The fraction of sp³-hybridized carbons (Fsp3) is 0.222. The van der Waals surface area contributed by atoms with E-state index >= 15 is 0 Å². The number of benzene rings is 2. The van der Waals surface area contributed by atoms with E-state index in [0.29, 0.717) is 27.5 Å². The van der Waals surface area contributed by atoms with Crippen LogP contribution >= 0.6 is 35.4 Å². The molecule has 2 rings (SSSR count). The van der Waals surface area contributed by atoms with Gasteiger partial charge < -0.3 is 10.1 Å². The van der Waals surface area contributed by atoms with E-state index in [1.807, 2.05) is 38.1 Å². The van der Waals surface area contributed by atoms with Gasteiger partial charge >= 0.3 is 0 Å². The Labute approximate surface area is 163 Å². The lowest BCUT2D eigenvalue weighted by atomic mass is 10.2. The van der Waals surface area contributed by atoms with Crippen molar-refractivity contribution in [1.82, 2.24) is 10.7 Å². The normalized spacial score (nSPS) is 10.7. The fourth-order valence-electron chi connectivity index (χ4n) is 2.00. The van der Waals surface area contributed by atoms with Gasteiger partial charge in [0.15, 0.2) is 10.9 Å². The van der Waals surface area contributed by atoms with Crippen molar-refractivity contribution in [3.63, 3.8) is 0 Å². The van der Waals surface area contributed by atoms with Gasteiger partial charge in [-0.25, -0.2) is 0 Å². The molecule has 0 atom stereocenters. The second kappa shape index (κ2) is 9.61. The van der Waals surface area contributed by atoms with Crippen LogP contribution in [0.3, 0.4) is 0 Å². The van der Waals surface area contributed by atoms with Crippen LogP contribution in [-0.2, 0) is 6.61 Å². The first kappa shape index (κ1) is 19.5. The largest absolute Gasteiger partial charge is 0.486 e. The highest BCUT2D eigenvalue weighted by molar-refractivity contribution is 7.80. The topological polar surface area (TPSA) is 45.7 Å². The van der Waals surface area contributed by atoms with Crippen molar-refractivity contribution in [3.8, 4) is 5.75 Å². The second-order valence-corrected chi connectivity index (χ2v) is 6.54. The highest BCUT2D eigenvalue weighted by Crippen LogP contribution is 2.34. The van der Waals surface area contributed by atoms with Crippen molar-refractivity contribution < 1.29 is 4.74 Å². The summed E-state index contributed by atoms with van der Waals surface area (Å²) in [4.78, 5) is 0. The Bertz CT molecular complexity index is 740. The maximum Gasteiger partial charge on any atom is 0.186 e. The summed E-state index contributed by atoms with van der Waals surface area (Å²) in [6, 6.07) is 11.6. The first-order chi connectivity index (χ1) is 12.0. The second-order valence-electron chi connectivity index (χ2n) is 5.32. The summed E-state index contributed by atoms with van der Waals surface area (Å²) in [6.45, 7) is 5.11. The Morgan fingerprint density at radius 3 is 2.44 bits per heavy atom. The van der Waals surface area contributed by atoms with Crippen molar-refractivity contribution in [2.75, 3.05) is 6.54 Å². The van der Waals surface area contributed by atoms with Crippen LogP contribution in [0.2, 0.25) is 10.0 Å². The number of halogens is 2. The Hall–Kier alpha value is -1.82. The van der Waals surface area contributed by atoms with Gasteiger partial charge in [0.05, 0.1) is 16.3 Å². The van der Waals surface area contributed by atoms with Gasteiger partial charge in [-0.2, -0.15) is 5.10 Å². The molecule has 0 saturated heterocycles. The number of ether oxygens (including phenoxy) is 1. The predicted molar refractivity (Wildman–Crippen MR) is 109 cm³/mol. The molecule has 132 valence electrons. The third-order valence-corrected chi connectivity index (χ3v) is 4.04. The lowest BCUT2D eigenvalue weighted by molar-refractivity contribution is 0.306. The minimum atomic E-state index is 0.395. The Balaban J connectivity index is 2.02. The van der Waals surface area contributed by atoms with Crippen LogP contribution < -0.4 is 15.5 Å². The molecule has 2 N–H and O–H groups in total. The molecule has 0 aliphatic carbocycles. The van der Waals surface area contributed by atoms with E-state index in [1.165, 1.54) is 5.56 Å². The van der Waals surface area contributed by atoms with Gasteiger partial charge in [-0.1, -0.05) is 53.0 Å². The van der Waals surface area contributed by atoms with E-state index < -0.39 is 0 Å². The molecule has 0 radical (unpaired) electrons. The van der Waals surface area contributed by atoms with Gasteiger partial charge in [-0.3, -0.25) is 5.43 Å². The lowest BCUT2D eigenvalue weighted by Gasteiger charge is -2.11. The van der Waals surface area contributed by atoms with E-state index in [4.69, 9.17) is 40.2 Å². The predicted octanol–water partition coefficient (Wildman–Crippen LogP) is 4.70. The Kier molecular flexibility index (Phi) is 7.50. The molecule has 0 aromatic heterocycles. The van der Waals surface area contributed by atoms with Gasteiger partial charge in [0.2, 0.25) is 0 Å². The number of hydrogen-bond acceptors (Lipinski definition) is 3. The molecule has 0 aliphatic heterocycles. The highest BCUT2D eigenvalue weighted by Gasteiger charge is 2.09. The van der Waals surface area contributed by atoms with Crippen LogP contribution in [0.5, 0.6) is 5.75 Å². The quantitative estimate of drug-likeness (QED) is 0.422. The van der Waals surface area contributed by atoms with Crippen LogP contribution in [-0.4, -0.2) is 17.9 Å². The van der Waals surface area contributed by atoms with E-state index in [9.17, 15) is 0 Å². The van der Waals surface area contributed by atoms with Crippen molar-refractivity contribution in [3.05, 3.63) is 63.1 Å². The zero-order valence-corrected chi connectivity index (χ0v) is 16.3. The molecule has 4 nitrogen and oxygen atoms in total. The number of aryl methyl sites for hydroxylation is 1. The summed E-state index contributed by atoms with van der Waals surface area (Å²) >= 11 is 17.6. The highest BCUT2D eigenvalue weighted by atomic mass is 35.5. The SMILES string of the molecule is CCNC(=S)NN=Cc1cc(Cl)c(OCc2ccc(C)cc2)c(Cl)c1. The molecule has 0 aliphatic rings. The number of hydrogen-bond donors (Lipinski definition) is 2. The maximum absolute atomic E-state index is 6.29. The van der Waals surface area contributed by atoms with Crippen LogP contribution in [0.25, 0.3) is 0 Å². The first-order valence-corrected chi connectivity index (χ1v) is 8.90. The van der Waals surface area contributed by atoms with Crippen molar-refractivity contribution in [2.24, 2.45) is 5.10 Å². The summed E-state index contributed by atoms with van der Waals surface area (Å²) in [5.74, 6) is 0.456. The molecule has 0 unspecified atom stereocenters. The Morgan fingerprint density at radius 2 is 1.84 bits per heavy atom. The summed E-state index contributed by atoms with van der Waals surface area (Å²) in [6.07, 6.45) is 1.59. The van der Waals surface area contributed by atoms with Crippen LogP contribution in [0.1, 0.15) is 23.6 Å². The molecule has 2 aromatic carbocycles. The summed E-state index contributed by atoms with van der Waals surface area (Å²) in [7, 11) is 0. The van der Waals surface area contributed by atoms with E-state index in [1.54, 1.807) is 18.3 Å². The third-order valence-electron chi connectivity index (χ3n) is 3.24.